The molecule has 0 aliphatic heterocycles. The van der Waals surface area contributed by atoms with Crippen LogP contribution in [0, 0.1) is 0 Å². The van der Waals surface area contributed by atoms with Crippen molar-refractivity contribution in [1.29, 1.82) is 0 Å². The van der Waals surface area contributed by atoms with Gasteiger partial charge in [0.1, 0.15) is 0 Å². The van der Waals surface area contributed by atoms with E-state index in [1.165, 1.54) is 7.11 Å². The molecule has 1 aromatic carbocycles. The molecule has 0 aromatic heterocycles. The van der Waals surface area contributed by atoms with Gasteiger partial charge in [-0.3, -0.25) is 0 Å². The first-order valence-corrected chi connectivity index (χ1v) is 6.27. The highest BCUT2D eigenvalue weighted by molar-refractivity contribution is 7.99. The summed E-state index contributed by atoms with van der Waals surface area (Å²) in [6.07, 6.45) is 0.947. The van der Waals surface area contributed by atoms with Crippen molar-refractivity contribution in [1.82, 2.24) is 0 Å². The molecule has 1 rings (SSSR count). The normalized spacial score (nSPS) is 10.2. The average molecular weight is 255 g/mol. The van der Waals surface area contributed by atoms with Crippen molar-refractivity contribution in [2.24, 2.45) is 0 Å². The van der Waals surface area contributed by atoms with E-state index in [1.807, 2.05) is 6.07 Å². The maximum absolute atomic E-state index is 11.4. The molecule has 0 fully saturated rings. The predicted octanol–water partition coefficient (Wildman–Crippen LogP) is 2.18. The Hall–Kier alpha value is -1.20. The van der Waals surface area contributed by atoms with Gasteiger partial charge in [0.15, 0.2) is 0 Å². The lowest BCUT2D eigenvalue weighted by Crippen LogP contribution is -2.06. The third-order valence-corrected chi connectivity index (χ3v) is 3.38. The quantitative estimate of drug-likeness (QED) is 0.365. The van der Waals surface area contributed by atoms with Crippen LogP contribution in [0.15, 0.2) is 23.1 Å². The van der Waals surface area contributed by atoms with Gasteiger partial charge in [-0.05, 0) is 18.6 Å². The number of anilines is 1. The molecule has 0 atom stereocenters. The van der Waals surface area contributed by atoms with E-state index in [0.717, 1.165) is 23.7 Å². The first-order chi connectivity index (χ1) is 8.20. The van der Waals surface area contributed by atoms with E-state index in [1.54, 1.807) is 31.0 Å². The van der Waals surface area contributed by atoms with Gasteiger partial charge in [-0.2, -0.15) is 0 Å². The molecule has 4 nitrogen and oxygen atoms in total. The molecule has 17 heavy (non-hydrogen) atoms. The van der Waals surface area contributed by atoms with E-state index in [0.29, 0.717) is 11.3 Å². The minimum absolute atomic E-state index is 0.401. The van der Waals surface area contributed by atoms with Gasteiger partial charge in [0.2, 0.25) is 0 Å². The predicted molar refractivity (Wildman–Crippen MR) is 69.4 cm³/mol. The number of rotatable bonds is 6. The molecular weight excluding hydrogens is 238 g/mol. The number of thioether (sulfide) groups is 1. The number of benzene rings is 1. The van der Waals surface area contributed by atoms with Crippen LogP contribution in [0.3, 0.4) is 0 Å². The lowest BCUT2D eigenvalue weighted by atomic mass is 10.2. The summed E-state index contributed by atoms with van der Waals surface area (Å²) in [5, 5.41) is 0. The molecule has 0 spiro atoms. The Bertz CT molecular complexity index is 382. The highest BCUT2D eigenvalue weighted by Gasteiger charge is 2.12. The van der Waals surface area contributed by atoms with Gasteiger partial charge in [-0.1, -0.05) is 6.07 Å². The number of para-hydroxylation sites is 1. The first-order valence-electron chi connectivity index (χ1n) is 5.29. The number of ether oxygens (including phenoxy) is 2. The number of hydrogen-bond acceptors (Lipinski definition) is 5. The highest BCUT2D eigenvalue weighted by Crippen LogP contribution is 2.28. The largest absolute Gasteiger partial charge is 0.465 e. The molecule has 0 heterocycles. The van der Waals surface area contributed by atoms with Crippen LogP contribution in [0.1, 0.15) is 16.8 Å². The fourth-order valence-corrected chi connectivity index (χ4v) is 2.27. The molecule has 1 aromatic rings. The summed E-state index contributed by atoms with van der Waals surface area (Å²) in [4.78, 5) is 12.3. The van der Waals surface area contributed by atoms with Crippen molar-refractivity contribution in [3.8, 4) is 0 Å². The molecule has 0 saturated heterocycles. The van der Waals surface area contributed by atoms with E-state index in [9.17, 15) is 4.79 Å². The van der Waals surface area contributed by atoms with Crippen LogP contribution in [0.5, 0.6) is 0 Å². The summed E-state index contributed by atoms with van der Waals surface area (Å²) >= 11 is 1.62. The smallest absolute Gasteiger partial charge is 0.339 e. The number of carbonyl (C=O) groups excluding carboxylic acids is 1. The van der Waals surface area contributed by atoms with Gasteiger partial charge in [0.25, 0.3) is 0 Å². The summed E-state index contributed by atoms with van der Waals surface area (Å²) < 4.78 is 9.64. The molecule has 0 unspecified atom stereocenters. The van der Waals surface area contributed by atoms with Gasteiger partial charge in [0.05, 0.1) is 18.4 Å². The lowest BCUT2D eigenvalue weighted by molar-refractivity contribution is 0.0601. The van der Waals surface area contributed by atoms with Crippen LogP contribution >= 0.6 is 11.8 Å². The topological polar surface area (TPSA) is 61.5 Å². The standard InChI is InChI=1S/C12H17NO3S/c1-15-7-4-8-17-10-6-3-5-9(11(10)13)12(14)16-2/h3,5-6H,4,7-8,13H2,1-2H3. The summed E-state index contributed by atoms with van der Waals surface area (Å²) in [6.45, 7) is 0.726. The Kier molecular flexibility index (Phi) is 5.86. The summed E-state index contributed by atoms with van der Waals surface area (Å²) in [7, 11) is 3.02. The minimum atomic E-state index is -0.401. The molecule has 94 valence electrons. The van der Waals surface area contributed by atoms with Gasteiger partial charge >= 0.3 is 5.97 Å². The summed E-state index contributed by atoms with van der Waals surface area (Å²) in [6, 6.07) is 5.38. The van der Waals surface area contributed by atoms with Crippen molar-refractivity contribution in [2.45, 2.75) is 11.3 Å². The minimum Gasteiger partial charge on any atom is -0.465 e. The third-order valence-electron chi connectivity index (χ3n) is 2.22. The number of nitrogen functional groups attached to an aromatic ring is 1. The van der Waals surface area contributed by atoms with Crippen molar-refractivity contribution in [3.05, 3.63) is 23.8 Å². The van der Waals surface area contributed by atoms with E-state index >= 15 is 0 Å². The molecule has 0 aliphatic rings. The van der Waals surface area contributed by atoms with E-state index in [-0.39, 0.29) is 0 Å². The number of hydrogen-bond donors (Lipinski definition) is 1. The number of carbonyl (C=O) groups is 1. The maximum Gasteiger partial charge on any atom is 0.339 e. The molecule has 0 saturated carbocycles. The van der Waals surface area contributed by atoms with Crippen LogP contribution in [-0.4, -0.2) is 32.5 Å². The zero-order chi connectivity index (χ0) is 12.7. The van der Waals surface area contributed by atoms with E-state index in [2.05, 4.69) is 4.74 Å². The zero-order valence-electron chi connectivity index (χ0n) is 10.1. The lowest BCUT2D eigenvalue weighted by Gasteiger charge is -2.09. The number of nitrogens with two attached hydrogens (primary N) is 1. The van der Waals surface area contributed by atoms with Crippen LogP contribution in [0.25, 0.3) is 0 Å². The maximum atomic E-state index is 11.4. The second-order valence-electron chi connectivity index (χ2n) is 3.40. The summed E-state index contributed by atoms with van der Waals surface area (Å²) in [5.41, 5.74) is 6.83. The van der Waals surface area contributed by atoms with Crippen molar-refractivity contribution < 1.29 is 14.3 Å². The van der Waals surface area contributed by atoms with Crippen LogP contribution in [0.4, 0.5) is 5.69 Å². The Balaban J connectivity index is 2.70. The highest BCUT2D eigenvalue weighted by atomic mass is 32.2. The Morgan fingerprint density at radius 1 is 1.41 bits per heavy atom. The zero-order valence-corrected chi connectivity index (χ0v) is 10.9. The van der Waals surface area contributed by atoms with Crippen molar-refractivity contribution >= 4 is 23.4 Å². The van der Waals surface area contributed by atoms with Gasteiger partial charge in [0, 0.05) is 24.4 Å². The molecule has 0 amide bonds. The molecule has 0 bridgehead atoms. The van der Waals surface area contributed by atoms with Crippen molar-refractivity contribution in [2.75, 3.05) is 32.3 Å². The van der Waals surface area contributed by atoms with Crippen LogP contribution in [0.2, 0.25) is 0 Å². The van der Waals surface area contributed by atoms with Crippen LogP contribution in [-0.2, 0) is 9.47 Å². The fourth-order valence-electron chi connectivity index (χ4n) is 1.34. The summed E-state index contributed by atoms with van der Waals surface area (Å²) in [5.74, 6) is 0.504. The Morgan fingerprint density at radius 2 is 2.18 bits per heavy atom. The second kappa shape index (κ2) is 7.19. The fraction of sp³-hybridized carbons (Fsp3) is 0.417. The molecule has 2 N–H and O–H groups in total. The van der Waals surface area contributed by atoms with Crippen molar-refractivity contribution in [3.63, 3.8) is 0 Å². The van der Waals surface area contributed by atoms with Gasteiger partial charge in [-0.25, -0.2) is 4.79 Å². The van der Waals surface area contributed by atoms with Gasteiger partial charge < -0.3 is 15.2 Å². The molecule has 0 radical (unpaired) electrons. The molecule has 0 aliphatic carbocycles. The van der Waals surface area contributed by atoms with Crippen LogP contribution < -0.4 is 5.73 Å². The third kappa shape index (κ3) is 3.94. The molecule has 5 heteroatoms. The van der Waals surface area contributed by atoms with E-state index < -0.39 is 5.97 Å². The monoisotopic (exact) mass is 255 g/mol. The second-order valence-corrected chi connectivity index (χ2v) is 4.54. The molecular formula is C12H17NO3S. The Labute approximate surface area is 105 Å². The van der Waals surface area contributed by atoms with E-state index in [4.69, 9.17) is 10.5 Å². The van der Waals surface area contributed by atoms with Gasteiger partial charge in [-0.15, -0.1) is 11.8 Å². The SMILES string of the molecule is COCCCSc1cccc(C(=O)OC)c1N. The Morgan fingerprint density at radius 3 is 2.82 bits per heavy atom. The number of esters is 1. The number of methoxy groups -OCH3 is 2. The first kappa shape index (κ1) is 13.9. The average Bonchev–Trinajstić information content (AvgIpc) is 2.35.